The van der Waals surface area contributed by atoms with Crippen LogP contribution < -0.4 is 16.2 Å². The van der Waals surface area contributed by atoms with E-state index in [4.69, 9.17) is 5.73 Å². The summed E-state index contributed by atoms with van der Waals surface area (Å²) in [7, 11) is 0. The predicted octanol–water partition coefficient (Wildman–Crippen LogP) is 0.990. The van der Waals surface area contributed by atoms with E-state index in [2.05, 4.69) is 18.4 Å². The summed E-state index contributed by atoms with van der Waals surface area (Å²) < 4.78 is 0. The molecule has 1 heterocycles. The van der Waals surface area contributed by atoms with Crippen molar-refractivity contribution in [3.8, 4) is 0 Å². The van der Waals surface area contributed by atoms with Gasteiger partial charge in [0.1, 0.15) is 0 Å². The van der Waals surface area contributed by atoms with Crippen LogP contribution >= 0.6 is 0 Å². The summed E-state index contributed by atoms with van der Waals surface area (Å²) in [6, 6.07) is 8.07. The summed E-state index contributed by atoms with van der Waals surface area (Å²) in [4.78, 5) is 11.2. The molecule has 4 nitrogen and oxygen atoms in total. The van der Waals surface area contributed by atoms with E-state index in [9.17, 15) is 4.79 Å². The summed E-state index contributed by atoms with van der Waals surface area (Å²) in [5.41, 5.74) is 10.8. The van der Waals surface area contributed by atoms with Gasteiger partial charge in [0, 0.05) is 13.0 Å². The van der Waals surface area contributed by atoms with Gasteiger partial charge in [0.25, 0.3) is 0 Å². The second-order valence-electron chi connectivity index (χ2n) is 4.13. The van der Waals surface area contributed by atoms with Gasteiger partial charge in [-0.2, -0.15) is 0 Å². The van der Waals surface area contributed by atoms with Gasteiger partial charge in [-0.05, 0) is 24.1 Å². The molecule has 1 amide bonds. The quantitative estimate of drug-likeness (QED) is 0.797. The van der Waals surface area contributed by atoms with Gasteiger partial charge in [0.05, 0.1) is 5.69 Å². The molecule has 16 heavy (non-hydrogen) atoms. The highest BCUT2D eigenvalue weighted by Crippen LogP contribution is 2.27. The maximum Gasteiger partial charge on any atom is 0.240 e. The molecule has 4 heteroatoms. The average Bonchev–Trinajstić information content (AvgIpc) is 2.75. The number of carbonyl (C=O) groups is 1. The van der Waals surface area contributed by atoms with Gasteiger partial charge < -0.3 is 5.73 Å². The molecule has 1 unspecified atom stereocenters. The van der Waals surface area contributed by atoms with Crippen LogP contribution in [-0.4, -0.2) is 19.0 Å². The fourth-order valence-electron chi connectivity index (χ4n) is 1.93. The number of nitrogens with one attached hydrogen (secondary N) is 1. The Kier molecular flexibility index (Phi) is 3.10. The summed E-state index contributed by atoms with van der Waals surface area (Å²) in [5.74, 6) is 0.379. The first-order valence-electron chi connectivity index (χ1n) is 5.58. The SMILES string of the molecule is CC(CN)c1ccccc1N1CCC(=O)N1. The molecule has 1 aliphatic heterocycles. The maximum absolute atomic E-state index is 11.2. The number of carbonyl (C=O) groups excluding carboxylic acids is 1. The van der Waals surface area contributed by atoms with Crippen molar-refractivity contribution in [3.63, 3.8) is 0 Å². The second kappa shape index (κ2) is 4.53. The van der Waals surface area contributed by atoms with Gasteiger partial charge in [-0.3, -0.25) is 15.2 Å². The summed E-state index contributed by atoms with van der Waals surface area (Å²) in [6.45, 7) is 3.43. The smallest absolute Gasteiger partial charge is 0.240 e. The van der Waals surface area contributed by atoms with E-state index >= 15 is 0 Å². The summed E-state index contributed by atoms with van der Waals surface area (Å²) >= 11 is 0. The lowest BCUT2D eigenvalue weighted by Crippen LogP contribution is -2.34. The molecule has 0 aliphatic carbocycles. The van der Waals surface area contributed by atoms with Crippen LogP contribution in [0.1, 0.15) is 24.8 Å². The first-order chi connectivity index (χ1) is 7.72. The van der Waals surface area contributed by atoms with Gasteiger partial charge in [0.2, 0.25) is 5.91 Å². The van der Waals surface area contributed by atoms with Crippen molar-refractivity contribution >= 4 is 11.6 Å². The van der Waals surface area contributed by atoms with Crippen LogP contribution in [0.2, 0.25) is 0 Å². The highest BCUT2D eigenvalue weighted by Gasteiger charge is 2.21. The Balaban J connectivity index is 2.29. The van der Waals surface area contributed by atoms with Crippen molar-refractivity contribution < 1.29 is 4.79 Å². The van der Waals surface area contributed by atoms with Gasteiger partial charge in [-0.1, -0.05) is 25.1 Å². The molecule has 1 atom stereocenters. The number of rotatable bonds is 3. The van der Waals surface area contributed by atoms with E-state index in [1.807, 2.05) is 23.2 Å². The Bertz CT molecular complexity index is 392. The van der Waals surface area contributed by atoms with E-state index in [0.717, 1.165) is 12.2 Å². The number of para-hydroxylation sites is 1. The number of nitrogens with zero attached hydrogens (tertiary/aromatic N) is 1. The molecule has 0 spiro atoms. The van der Waals surface area contributed by atoms with Crippen LogP contribution in [0.4, 0.5) is 5.69 Å². The Hall–Kier alpha value is -1.55. The van der Waals surface area contributed by atoms with Gasteiger partial charge in [0.15, 0.2) is 0 Å². The molecular formula is C12H17N3O. The molecular weight excluding hydrogens is 202 g/mol. The monoisotopic (exact) mass is 219 g/mol. The molecule has 0 saturated carbocycles. The van der Waals surface area contributed by atoms with E-state index in [1.54, 1.807) is 0 Å². The van der Waals surface area contributed by atoms with Gasteiger partial charge in [-0.25, -0.2) is 0 Å². The van der Waals surface area contributed by atoms with Crippen molar-refractivity contribution in [1.82, 2.24) is 5.43 Å². The molecule has 1 aromatic carbocycles. The molecule has 0 bridgehead atoms. The lowest BCUT2D eigenvalue weighted by molar-refractivity contribution is -0.119. The van der Waals surface area contributed by atoms with Crippen LogP contribution in [0, 0.1) is 0 Å². The molecule has 1 aromatic rings. The zero-order chi connectivity index (χ0) is 11.5. The minimum absolute atomic E-state index is 0.0789. The standard InChI is InChI=1S/C12H17N3O/c1-9(8-13)10-4-2-3-5-11(10)15-7-6-12(16)14-15/h2-5,9H,6-8,13H2,1H3,(H,14,16). The van der Waals surface area contributed by atoms with Crippen molar-refractivity contribution in [2.24, 2.45) is 5.73 Å². The molecule has 0 radical (unpaired) electrons. The van der Waals surface area contributed by atoms with Crippen molar-refractivity contribution in [2.75, 3.05) is 18.1 Å². The molecule has 1 aliphatic rings. The zero-order valence-corrected chi connectivity index (χ0v) is 9.44. The Labute approximate surface area is 95.4 Å². The first kappa shape index (κ1) is 11.0. The number of amides is 1. The predicted molar refractivity (Wildman–Crippen MR) is 64.0 cm³/mol. The molecule has 2 rings (SSSR count). The number of hydrazine groups is 1. The maximum atomic E-state index is 11.2. The summed E-state index contributed by atoms with van der Waals surface area (Å²) in [6.07, 6.45) is 0.561. The van der Waals surface area contributed by atoms with Crippen LogP contribution in [0.15, 0.2) is 24.3 Å². The Morgan fingerprint density at radius 1 is 1.50 bits per heavy atom. The second-order valence-corrected chi connectivity index (χ2v) is 4.13. The molecule has 3 N–H and O–H groups in total. The topological polar surface area (TPSA) is 58.4 Å². The molecule has 86 valence electrons. The van der Waals surface area contributed by atoms with Gasteiger partial charge in [-0.15, -0.1) is 0 Å². The normalized spacial score (nSPS) is 17.4. The van der Waals surface area contributed by atoms with E-state index < -0.39 is 0 Å². The number of benzene rings is 1. The number of hydrogen-bond donors (Lipinski definition) is 2. The molecule has 1 saturated heterocycles. The van der Waals surface area contributed by atoms with Crippen molar-refractivity contribution in [3.05, 3.63) is 29.8 Å². The van der Waals surface area contributed by atoms with Crippen LogP contribution in [0.25, 0.3) is 0 Å². The number of anilines is 1. The Morgan fingerprint density at radius 2 is 2.25 bits per heavy atom. The highest BCUT2D eigenvalue weighted by molar-refractivity contribution is 5.82. The van der Waals surface area contributed by atoms with Gasteiger partial charge >= 0.3 is 0 Å². The lowest BCUT2D eigenvalue weighted by atomic mass is 9.99. The lowest BCUT2D eigenvalue weighted by Gasteiger charge is -2.23. The van der Waals surface area contributed by atoms with E-state index in [1.165, 1.54) is 5.56 Å². The third-order valence-corrected chi connectivity index (χ3v) is 2.93. The van der Waals surface area contributed by atoms with E-state index in [-0.39, 0.29) is 5.91 Å². The highest BCUT2D eigenvalue weighted by atomic mass is 16.2. The first-order valence-corrected chi connectivity index (χ1v) is 5.58. The third kappa shape index (κ3) is 2.02. The zero-order valence-electron chi connectivity index (χ0n) is 9.44. The molecule has 0 aromatic heterocycles. The Morgan fingerprint density at radius 3 is 2.88 bits per heavy atom. The fraction of sp³-hybridized carbons (Fsp3) is 0.417. The average molecular weight is 219 g/mol. The van der Waals surface area contributed by atoms with Crippen molar-refractivity contribution in [2.45, 2.75) is 19.3 Å². The van der Waals surface area contributed by atoms with Crippen LogP contribution in [0.5, 0.6) is 0 Å². The minimum atomic E-state index is 0.0789. The van der Waals surface area contributed by atoms with Crippen LogP contribution in [-0.2, 0) is 4.79 Å². The largest absolute Gasteiger partial charge is 0.330 e. The van der Waals surface area contributed by atoms with E-state index in [0.29, 0.717) is 18.9 Å². The number of nitrogens with two attached hydrogens (primary N) is 1. The number of hydrogen-bond acceptors (Lipinski definition) is 3. The fourth-order valence-corrected chi connectivity index (χ4v) is 1.93. The third-order valence-electron chi connectivity index (χ3n) is 2.93. The van der Waals surface area contributed by atoms with Crippen molar-refractivity contribution in [1.29, 1.82) is 0 Å². The minimum Gasteiger partial charge on any atom is -0.330 e. The van der Waals surface area contributed by atoms with Crippen LogP contribution in [0.3, 0.4) is 0 Å². The molecule has 1 fully saturated rings. The summed E-state index contributed by atoms with van der Waals surface area (Å²) in [5, 5.41) is 1.91.